The molecule has 0 radical (unpaired) electrons. The lowest BCUT2D eigenvalue weighted by Gasteiger charge is -2.33. The zero-order valence-corrected chi connectivity index (χ0v) is 13.4. The van der Waals surface area contributed by atoms with E-state index in [1.54, 1.807) is 0 Å². The SMILES string of the molecule is CCCN1CCC(NC(=O)C2COc3ccccc3C2)CC1. The van der Waals surface area contributed by atoms with E-state index in [4.69, 9.17) is 4.74 Å². The number of carbonyl (C=O) groups is 1. The molecule has 1 aromatic carbocycles. The number of hydrogen-bond acceptors (Lipinski definition) is 3. The van der Waals surface area contributed by atoms with Gasteiger partial charge in [-0.05, 0) is 43.9 Å². The maximum absolute atomic E-state index is 12.5. The summed E-state index contributed by atoms with van der Waals surface area (Å²) in [5.41, 5.74) is 1.15. The Hall–Kier alpha value is -1.55. The molecule has 2 aliphatic rings. The quantitative estimate of drug-likeness (QED) is 0.927. The van der Waals surface area contributed by atoms with Crippen LogP contribution >= 0.6 is 0 Å². The van der Waals surface area contributed by atoms with Gasteiger partial charge in [0.1, 0.15) is 12.4 Å². The molecule has 2 heterocycles. The van der Waals surface area contributed by atoms with Gasteiger partial charge in [-0.25, -0.2) is 0 Å². The Bertz CT molecular complexity index is 510. The van der Waals surface area contributed by atoms with E-state index in [2.05, 4.69) is 23.2 Å². The van der Waals surface area contributed by atoms with Crippen LogP contribution in [0.1, 0.15) is 31.7 Å². The first-order valence-corrected chi connectivity index (χ1v) is 8.49. The van der Waals surface area contributed by atoms with Crippen LogP contribution in [0.4, 0.5) is 0 Å². The highest BCUT2D eigenvalue weighted by atomic mass is 16.5. The molecule has 0 aromatic heterocycles. The normalized spacial score (nSPS) is 22.7. The predicted octanol–water partition coefficient (Wildman–Crippen LogP) is 2.23. The first-order valence-electron chi connectivity index (χ1n) is 8.49. The summed E-state index contributed by atoms with van der Waals surface area (Å²) in [7, 11) is 0. The van der Waals surface area contributed by atoms with Crippen molar-refractivity contribution in [2.75, 3.05) is 26.2 Å². The second-order valence-corrected chi connectivity index (χ2v) is 6.44. The summed E-state index contributed by atoms with van der Waals surface area (Å²) in [6, 6.07) is 8.35. The molecular formula is C18H26N2O2. The first kappa shape index (κ1) is 15.3. The Morgan fingerprint density at radius 3 is 2.86 bits per heavy atom. The number of benzene rings is 1. The second-order valence-electron chi connectivity index (χ2n) is 6.44. The van der Waals surface area contributed by atoms with Crippen molar-refractivity contribution in [1.82, 2.24) is 10.2 Å². The number of para-hydroxylation sites is 1. The van der Waals surface area contributed by atoms with E-state index < -0.39 is 0 Å². The van der Waals surface area contributed by atoms with Crippen molar-refractivity contribution in [3.63, 3.8) is 0 Å². The van der Waals surface area contributed by atoms with E-state index in [0.717, 1.165) is 43.7 Å². The first-order chi connectivity index (χ1) is 10.8. The number of nitrogens with zero attached hydrogens (tertiary/aromatic N) is 1. The molecule has 1 unspecified atom stereocenters. The van der Waals surface area contributed by atoms with Crippen molar-refractivity contribution in [3.05, 3.63) is 29.8 Å². The monoisotopic (exact) mass is 302 g/mol. The van der Waals surface area contributed by atoms with Crippen LogP contribution in [0.5, 0.6) is 5.75 Å². The molecule has 1 saturated heterocycles. The third-order valence-electron chi connectivity index (χ3n) is 4.72. The van der Waals surface area contributed by atoms with Crippen molar-refractivity contribution >= 4 is 5.91 Å². The Balaban J connectivity index is 1.49. The van der Waals surface area contributed by atoms with Crippen LogP contribution in [0.25, 0.3) is 0 Å². The highest BCUT2D eigenvalue weighted by Gasteiger charge is 2.28. The van der Waals surface area contributed by atoms with Crippen LogP contribution in [-0.2, 0) is 11.2 Å². The average molecular weight is 302 g/mol. The van der Waals surface area contributed by atoms with Gasteiger partial charge in [-0.1, -0.05) is 25.1 Å². The van der Waals surface area contributed by atoms with E-state index in [0.29, 0.717) is 12.6 Å². The smallest absolute Gasteiger partial charge is 0.227 e. The molecule has 0 bridgehead atoms. The van der Waals surface area contributed by atoms with Gasteiger partial charge in [0.15, 0.2) is 0 Å². The van der Waals surface area contributed by atoms with Gasteiger partial charge in [-0.3, -0.25) is 4.79 Å². The standard InChI is InChI=1S/C18H26N2O2/c1-2-9-20-10-7-16(8-11-20)19-18(21)15-12-14-5-3-4-6-17(14)22-13-15/h3-6,15-16H,2,7-13H2,1H3,(H,19,21). The lowest BCUT2D eigenvalue weighted by Crippen LogP contribution is -2.48. The largest absolute Gasteiger partial charge is 0.492 e. The van der Waals surface area contributed by atoms with Gasteiger partial charge in [0.25, 0.3) is 0 Å². The fraction of sp³-hybridized carbons (Fsp3) is 0.611. The van der Waals surface area contributed by atoms with Gasteiger partial charge in [0.05, 0.1) is 5.92 Å². The van der Waals surface area contributed by atoms with Crippen molar-refractivity contribution in [2.24, 2.45) is 5.92 Å². The maximum atomic E-state index is 12.5. The Kier molecular flexibility index (Phi) is 4.98. The zero-order valence-electron chi connectivity index (χ0n) is 13.4. The van der Waals surface area contributed by atoms with E-state index in [1.165, 1.54) is 13.0 Å². The fourth-order valence-corrected chi connectivity index (χ4v) is 3.43. The number of hydrogen-bond donors (Lipinski definition) is 1. The van der Waals surface area contributed by atoms with Crippen LogP contribution in [0.3, 0.4) is 0 Å². The van der Waals surface area contributed by atoms with Crippen LogP contribution in [0.2, 0.25) is 0 Å². The molecule has 22 heavy (non-hydrogen) atoms. The number of nitrogens with one attached hydrogen (secondary N) is 1. The third-order valence-corrected chi connectivity index (χ3v) is 4.72. The van der Waals surface area contributed by atoms with Crippen LogP contribution in [0, 0.1) is 5.92 Å². The second kappa shape index (κ2) is 7.14. The summed E-state index contributed by atoms with van der Waals surface area (Å²) in [6.07, 6.45) is 4.12. The lowest BCUT2D eigenvalue weighted by atomic mass is 9.95. The van der Waals surface area contributed by atoms with E-state index in [1.807, 2.05) is 18.2 Å². The van der Waals surface area contributed by atoms with Crippen molar-refractivity contribution in [3.8, 4) is 5.75 Å². The number of piperidine rings is 1. The van der Waals surface area contributed by atoms with Gasteiger partial charge in [-0.2, -0.15) is 0 Å². The van der Waals surface area contributed by atoms with Gasteiger partial charge in [0, 0.05) is 19.1 Å². The van der Waals surface area contributed by atoms with Gasteiger partial charge in [0.2, 0.25) is 5.91 Å². The predicted molar refractivity (Wildman–Crippen MR) is 87.0 cm³/mol. The Labute approximate surface area is 132 Å². The number of carbonyl (C=O) groups excluding carboxylic acids is 1. The molecular weight excluding hydrogens is 276 g/mol. The van der Waals surface area contributed by atoms with Crippen molar-refractivity contribution in [2.45, 2.75) is 38.6 Å². The summed E-state index contributed by atoms with van der Waals surface area (Å²) >= 11 is 0. The molecule has 0 saturated carbocycles. The van der Waals surface area contributed by atoms with E-state index >= 15 is 0 Å². The highest BCUT2D eigenvalue weighted by molar-refractivity contribution is 5.79. The summed E-state index contributed by atoms with van der Waals surface area (Å²) in [4.78, 5) is 15.0. The topological polar surface area (TPSA) is 41.6 Å². The van der Waals surface area contributed by atoms with Gasteiger partial charge >= 0.3 is 0 Å². The Morgan fingerprint density at radius 2 is 2.09 bits per heavy atom. The number of ether oxygens (including phenoxy) is 1. The van der Waals surface area contributed by atoms with Crippen LogP contribution in [-0.4, -0.2) is 43.1 Å². The molecule has 4 heteroatoms. The van der Waals surface area contributed by atoms with Gasteiger partial charge in [-0.15, -0.1) is 0 Å². The molecule has 4 nitrogen and oxygen atoms in total. The maximum Gasteiger partial charge on any atom is 0.227 e. The van der Waals surface area contributed by atoms with E-state index in [-0.39, 0.29) is 11.8 Å². The van der Waals surface area contributed by atoms with Crippen LogP contribution < -0.4 is 10.1 Å². The number of rotatable bonds is 4. The molecule has 120 valence electrons. The minimum Gasteiger partial charge on any atom is -0.492 e. The molecule has 1 atom stereocenters. The number of fused-ring (bicyclic) bond motifs is 1. The van der Waals surface area contributed by atoms with E-state index in [9.17, 15) is 4.79 Å². The van der Waals surface area contributed by atoms with Gasteiger partial charge < -0.3 is 15.0 Å². The lowest BCUT2D eigenvalue weighted by molar-refractivity contribution is -0.127. The molecule has 1 N–H and O–H groups in total. The van der Waals surface area contributed by atoms with Crippen molar-refractivity contribution in [1.29, 1.82) is 0 Å². The molecule has 0 aliphatic carbocycles. The summed E-state index contributed by atoms with van der Waals surface area (Å²) in [5.74, 6) is 1.03. The Morgan fingerprint density at radius 1 is 1.32 bits per heavy atom. The number of likely N-dealkylation sites (tertiary alicyclic amines) is 1. The number of amides is 1. The van der Waals surface area contributed by atoms with Crippen molar-refractivity contribution < 1.29 is 9.53 Å². The molecule has 1 fully saturated rings. The summed E-state index contributed by atoms with van der Waals surface area (Å²) < 4.78 is 5.73. The minimum absolute atomic E-state index is 0.0522. The molecule has 1 amide bonds. The minimum atomic E-state index is -0.0522. The molecule has 0 spiro atoms. The zero-order chi connectivity index (χ0) is 15.4. The highest BCUT2D eigenvalue weighted by Crippen LogP contribution is 2.27. The summed E-state index contributed by atoms with van der Waals surface area (Å²) in [6.45, 7) is 6.09. The average Bonchev–Trinajstić information content (AvgIpc) is 2.56. The fourth-order valence-electron chi connectivity index (χ4n) is 3.43. The molecule has 2 aliphatic heterocycles. The third kappa shape index (κ3) is 3.61. The molecule has 1 aromatic rings. The molecule has 3 rings (SSSR count). The summed E-state index contributed by atoms with van der Waals surface area (Å²) in [5, 5.41) is 3.24. The van der Waals surface area contributed by atoms with Crippen LogP contribution in [0.15, 0.2) is 24.3 Å².